The van der Waals surface area contributed by atoms with Crippen LogP contribution in [0.1, 0.15) is 24.7 Å². The van der Waals surface area contributed by atoms with Crippen LogP contribution in [-0.2, 0) is 4.79 Å². The van der Waals surface area contributed by atoms with E-state index in [1.807, 2.05) is 6.07 Å². The Labute approximate surface area is 109 Å². The number of rotatable bonds is 6. The van der Waals surface area contributed by atoms with E-state index < -0.39 is 20.9 Å². The Morgan fingerprint density at radius 2 is 2.00 bits per heavy atom. The van der Waals surface area contributed by atoms with E-state index in [0.29, 0.717) is 0 Å². The van der Waals surface area contributed by atoms with Gasteiger partial charge >= 0.3 is 5.97 Å². The molecular weight excluding hydrogens is 254 g/mol. The van der Waals surface area contributed by atoms with Gasteiger partial charge in [0.15, 0.2) is 0 Å². The molecule has 1 N–H and O–H groups in total. The van der Waals surface area contributed by atoms with Crippen LogP contribution >= 0.6 is 11.8 Å². The van der Waals surface area contributed by atoms with Crippen molar-refractivity contribution in [3.05, 3.63) is 46.0 Å². The van der Waals surface area contributed by atoms with Crippen LogP contribution in [0.4, 0.5) is 0 Å². The summed E-state index contributed by atoms with van der Waals surface area (Å²) in [6.07, 6.45) is 0. The highest BCUT2D eigenvalue weighted by Gasteiger charge is 2.34. The van der Waals surface area contributed by atoms with E-state index in [2.05, 4.69) is 0 Å². The van der Waals surface area contributed by atoms with Crippen molar-refractivity contribution in [2.45, 2.75) is 23.8 Å². The first kappa shape index (κ1) is 14.5. The molecule has 1 atom stereocenters. The quantitative estimate of drug-likeness (QED) is 0.634. The number of thioether (sulfide) groups is 1. The van der Waals surface area contributed by atoms with Gasteiger partial charge < -0.3 is 5.11 Å². The van der Waals surface area contributed by atoms with E-state index >= 15 is 0 Å². The molecular formula is C12H15NO4S. The van der Waals surface area contributed by atoms with Crippen molar-refractivity contribution >= 4 is 17.7 Å². The highest BCUT2D eigenvalue weighted by molar-refractivity contribution is 8.01. The smallest absolute Gasteiger partial charge is 0.319 e. The molecule has 0 aliphatic heterocycles. The molecule has 0 aromatic heterocycles. The zero-order valence-corrected chi connectivity index (χ0v) is 11.0. The Morgan fingerprint density at radius 3 is 2.44 bits per heavy atom. The molecule has 0 bridgehead atoms. The molecule has 1 unspecified atom stereocenters. The van der Waals surface area contributed by atoms with E-state index in [4.69, 9.17) is 5.11 Å². The average Bonchev–Trinajstić information content (AvgIpc) is 2.28. The summed E-state index contributed by atoms with van der Waals surface area (Å²) >= 11 is 1.10. The van der Waals surface area contributed by atoms with Gasteiger partial charge in [-0.3, -0.25) is 14.9 Å². The topological polar surface area (TPSA) is 80.4 Å². The molecule has 0 aliphatic rings. The Morgan fingerprint density at radius 1 is 1.44 bits per heavy atom. The SMILES string of the molecule is CC(C)(SC(C[N+](=O)[O-])c1ccccc1)C(=O)O. The number of carboxylic acid groups (broad SMARTS) is 1. The van der Waals surface area contributed by atoms with Crippen molar-refractivity contribution in [3.8, 4) is 0 Å². The third-order valence-corrected chi connectivity index (χ3v) is 3.91. The van der Waals surface area contributed by atoms with Gasteiger partial charge in [-0.25, -0.2) is 0 Å². The maximum Gasteiger partial charge on any atom is 0.319 e. The standard InChI is InChI=1S/C12H15NO4S/c1-12(2,11(14)15)18-10(8-13(16)17)9-6-4-3-5-7-9/h3-7,10H,8H2,1-2H3,(H,14,15). The summed E-state index contributed by atoms with van der Waals surface area (Å²) < 4.78 is -1.06. The second-order valence-corrected chi connectivity index (χ2v) is 6.17. The van der Waals surface area contributed by atoms with E-state index in [1.165, 1.54) is 0 Å². The summed E-state index contributed by atoms with van der Waals surface area (Å²) in [4.78, 5) is 21.4. The molecule has 0 radical (unpaired) electrons. The lowest BCUT2D eigenvalue weighted by Crippen LogP contribution is -2.29. The number of hydrogen-bond acceptors (Lipinski definition) is 4. The maximum atomic E-state index is 11.1. The van der Waals surface area contributed by atoms with Crippen molar-refractivity contribution in [1.29, 1.82) is 0 Å². The van der Waals surface area contributed by atoms with Crippen molar-refractivity contribution in [3.63, 3.8) is 0 Å². The number of benzene rings is 1. The summed E-state index contributed by atoms with van der Waals surface area (Å²) in [6, 6.07) is 8.95. The Balaban J connectivity index is 2.93. The number of hydrogen-bond donors (Lipinski definition) is 1. The van der Waals surface area contributed by atoms with Crippen LogP contribution in [0.3, 0.4) is 0 Å². The van der Waals surface area contributed by atoms with Gasteiger partial charge in [0, 0.05) is 4.92 Å². The van der Waals surface area contributed by atoms with Crippen molar-refractivity contribution in [1.82, 2.24) is 0 Å². The summed E-state index contributed by atoms with van der Waals surface area (Å²) in [7, 11) is 0. The highest BCUT2D eigenvalue weighted by Crippen LogP contribution is 2.38. The third-order valence-electron chi connectivity index (χ3n) is 2.44. The van der Waals surface area contributed by atoms with Gasteiger partial charge in [-0.15, -0.1) is 11.8 Å². The zero-order chi connectivity index (χ0) is 13.8. The number of nitro groups is 1. The summed E-state index contributed by atoms with van der Waals surface area (Å²) in [6.45, 7) is 2.82. The van der Waals surface area contributed by atoms with Gasteiger partial charge in [-0.2, -0.15) is 0 Å². The fraction of sp³-hybridized carbons (Fsp3) is 0.417. The van der Waals surface area contributed by atoms with Crippen molar-refractivity contribution < 1.29 is 14.8 Å². The Bertz CT molecular complexity index is 433. The lowest BCUT2D eigenvalue weighted by Gasteiger charge is -2.23. The molecule has 6 heteroatoms. The van der Waals surface area contributed by atoms with Crippen LogP contribution in [0, 0.1) is 10.1 Å². The third kappa shape index (κ3) is 4.03. The van der Waals surface area contributed by atoms with Crippen LogP contribution in [0.5, 0.6) is 0 Å². The minimum absolute atomic E-state index is 0.286. The number of carbonyl (C=O) groups is 1. The predicted octanol–water partition coefficient (Wildman–Crippen LogP) is 2.60. The molecule has 0 aliphatic carbocycles. The number of aliphatic carboxylic acids is 1. The van der Waals surface area contributed by atoms with E-state index in [0.717, 1.165) is 17.3 Å². The Kier molecular flexibility index (Phi) is 4.72. The lowest BCUT2D eigenvalue weighted by atomic mass is 10.1. The number of carboxylic acids is 1. The molecule has 0 saturated heterocycles. The molecule has 0 saturated carbocycles. The molecule has 98 valence electrons. The molecule has 0 fully saturated rings. The highest BCUT2D eigenvalue weighted by atomic mass is 32.2. The van der Waals surface area contributed by atoms with Crippen LogP contribution < -0.4 is 0 Å². The minimum atomic E-state index is -1.06. The molecule has 18 heavy (non-hydrogen) atoms. The van der Waals surface area contributed by atoms with Gasteiger partial charge in [-0.05, 0) is 19.4 Å². The predicted molar refractivity (Wildman–Crippen MR) is 70.4 cm³/mol. The van der Waals surface area contributed by atoms with Crippen LogP contribution in [0.2, 0.25) is 0 Å². The van der Waals surface area contributed by atoms with E-state index in [-0.39, 0.29) is 6.54 Å². The van der Waals surface area contributed by atoms with Crippen molar-refractivity contribution in [2.24, 2.45) is 0 Å². The normalized spacial score (nSPS) is 13.0. The van der Waals surface area contributed by atoms with Crippen LogP contribution in [0.25, 0.3) is 0 Å². The van der Waals surface area contributed by atoms with Crippen LogP contribution in [-0.4, -0.2) is 27.3 Å². The molecule has 0 heterocycles. The average molecular weight is 269 g/mol. The van der Waals surface area contributed by atoms with Gasteiger partial charge in [0.05, 0.1) is 5.25 Å². The van der Waals surface area contributed by atoms with Gasteiger partial charge in [-0.1, -0.05) is 30.3 Å². The molecule has 5 nitrogen and oxygen atoms in total. The first-order valence-electron chi connectivity index (χ1n) is 5.41. The zero-order valence-electron chi connectivity index (χ0n) is 10.2. The van der Waals surface area contributed by atoms with Crippen molar-refractivity contribution in [2.75, 3.05) is 6.54 Å². The molecule has 0 amide bonds. The molecule has 1 rings (SSSR count). The molecule has 1 aromatic carbocycles. The van der Waals surface area contributed by atoms with Gasteiger partial charge in [0.1, 0.15) is 4.75 Å². The Hall–Kier alpha value is -1.56. The number of nitrogens with zero attached hydrogens (tertiary/aromatic N) is 1. The first-order chi connectivity index (χ1) is 8.33. The summed E-state index contributed by atoms with van der Waals surface area (Å²) in [5.41, 5.74) is 0.772. The van der Waals surface area contributed by atoms with E-state index in [9.17, 15) is 14.9 Å². The lowest BCUT2D eigenvalue weighted by molar-refractivity contribution is -0.479. The maximum absolute atomic E-state index is 11.1. The fourth-order valence-electron chi connectivity index (χ4n) is 1.42. The van der Waals surface area contributed by atoms with E-state index in [1.54, 1.807) is 38.1 Å². The fourth-order valence-corrected chi connectivity index (χ4v) is 2.72. The summed E-state index contributed by atoms with van der Waals surface area (Å²) in [5.74, 6) is -0.975. The molecule has 0 spiro atoms. The van der Waals surface area contributed by atoms with Gasteiger partial charge in [0.25, 0.3) is 0 Å². The minimum Gasteiger partial charge on any atom is -0.480 e. The monoisotopic (exact) mass is 269 g/mol. The van der Waals surface area contributed by atoms with Gasteiger partial charge in [0.2, 0.25) is 6.54 Å². The molecule has 1 aromatic rings. The second kappa shape index (κ2) is 5.86. The first-order valence-corrected chi connectivity index (χ1v) is 6.29. The van der Waals surface area contributed by atoms with Crippen LogP contribution in [0.15, 0.2) is 30.3 Å². The summed E-state index contributed by atoms with van der Waals surface area (Å²) in [5, 5.41) is 19.3. The largest absolute Gasteiger partial charge is 0.480 e. The second-order valence-electron chi connectivity index (χ2n) is 4.35.